The van der Waals surface area contributed by atoms with Crippen molar-refractivity contribution in [3.63, 3.8) is 0 Å². The molecule has 2 heterocycles. The van der Waals surface area contributed by atoms with Crippen LogP contribution in [0.2, 0.25) is 0 Å². The van der Waals surface area contributed by atoms with Gasteiger partial charge in [0, 0.05) is 10.7 Å². The Balaban J connectivity index is 2.19. The quantitative estimate of drug-likeness (QED) is 0.849. The van der Waals surface area contributed by atoms with E-state index in [0.717, 1.165) is 15.7 Å². The molecule has 18 heavy (non-hydrogen) atoms. The van der Waals surface area contributed by atoms with Crippen molar-refractivity contribution in [2.45, 2.75) is 12.5 Å². The highest BCUT2D eigenvalue weighted by Crippen LogP contribution is 2.33. The van der Waals surface area contributed by atoms with Crippen LogP contribution < -0.4 is 11.1 Å². The Morgan fingerprint density at radius 1 is 1.39 bits per heavy atom. The minimum atomic E-state index is -0.376. The second-order valence-electron chi connectivity index (χ2n) is 4.51. The maximum atomic E-state index is 5.94. The lowest BCUT2D eigenvalue weighted by molar-refractivity contribution is 0.445. The van der Waals surface area contributed by atoms with Crippen molar-refractivity contribution < 1.29 is 0 Å². The summed E-state index contributed by atoms with van der Waals surface area (Å²) in [5, 5.41) is 7.59. The average molecular weight is 305 g/mol. The van der Waals surface area contributed by atoms with Crippen molar-refractivity contribution >= 4 is 22.1 Å². The van der Waals surface area contributed by atoms with Gasteiger partial charge in [-0.1, -0.05) is 28.1 Å². The molecular formula is C13H13BrN4. The van der Waals surface area contributed by atoms with E-state index in [0.29, 0.717) is 5.82 Å². The molecule has 1 aromatic heterocycles. The van der Waals surface area contributed by atoms with Crippen LogP contribution in [0.3, 0.4) is 0 Å². The number of nitrogens with one attached hydrogen (secondary N) is 1. The summed E-state index contributed by atoms with van der Waals surface area (Å²) >= 11 is 3.50. The first kappa shape index (κ1) is 11.3. The molecule has 1 atom stereocenters. The number of hydrogen-bond acceptors (Lipinski definition) is 3. The van der Waals surface area contributed by atoms with Crippen LogP contribution in [0.5, 0.6) is 0 Å². The molecule has 0 radical (unpaired) electrons. The van der Waals surface area contributed by atoms with Crippen LogP contribution in [0.15, 0.2) is 46.8 Å². The number of halogens is 1. The van der Waals surface area contributed by atoms with Gasteiger partial charge in [-0.15, -0.1) is 0 Å². The van der Waals surface area contributed by atoms with E-state index in [-0.39, 0.29) is 5.54 Å². The summed E-state index contributed by atoms with van der Waals surface area (Å²) in [5.74, 6) is 0.605. The molecule has 1 aliphatic rings. The van der Waals surface area contributed by atoms with Gasteiger partial charge in [0.2, 0.25) is 0 Å². The molecule has 0 amide bonds. The minimum Gasteiger partial charge on any atom is -0.384 e. The topological polar surface area (TPSA) is 55.9 Å². The first-order valence-electron chi connectivity index (χ1n) is 5.65. The molecule has 0 saturated carbocycles. The smallest absolute Gasteiger partial charge is 0.116 e. The van der Waals surface area contributed by atoms with Gasteiger partial charge in [-0.25, -0.2) is 4.68 Å². The molecular weight excluding hydrogens is 292 g/mol. The number of nitrogens with two attached hydrogens (primary N) is 1. The number of hydrogen-bond donors (Lipinski definition) is 2. The Labute approximate surface area is 114 Å². The number of aromatic nitrogens is 2. The summed E-state index contributed by atoms with van der Waals surface area (Å²) in [7, 11) is 0. The summed E-state index contributed by atoms with van der Waals surface area (Å²) < 4.78 is 2.86. The van der Waals surface area contributed by atoms with E-state index in [2.05, 4.69) is 45.4 Å². The van der Waals surface area contributed by atoms with Crippen LogP contribution in [0.4, 0.5) is 0 Å². The lowest BCUT2D eigenvalue weighted by Gasteiger charge is -2.35. The number of benzene rings is 1. The molecule has 4 nitrogen and oxygen atoms in total. The van der Waals surface area contributed by atoms with Crippen LogP contribution >= 0.6 is 15.9 Å². The second kappa shape index (κ2) is 3.88. The van der Waals surface area contributed by atoms with Gasteiger partial charge in [-0.05, 0) is 30.7 Å². The fourth-order valence-electron chi connectivity index (χ4n) is 2.35. The summed E-state index contributed by atoms with van der Waals surface area (Å²) in [6.07, 6.45) is 3.57. The van der Waals surface area contributed by atoms with Crippen molar-refractivity contribution in [3.05, 3.63) is 58.1 Å². The van der Waals surface area contributed by atoms with Crippen LogP contribution in [-0.4, -0.2) is 9.78 Å². The van der Waals surface area contributed by atoms with Crippen LogP contribution in [0.1, 0.15) is 18.2 Å². The largest absolute Gasteiger partial charge is 0.384 e. The molecule has 0 spiro atoms. The molecule has 5 heteroatoms. The molecule has 3 N–H and O–H groups in total. The molecule has 0 unspecified atom stereocenters. The van der Waals surface area contributed by atoms with Crippen molar-refractivity contribution in [2.75, 3.05) is 0 Å². The van der Waals surface area contributed by atoms with E-state index < -0.39 is 0 Å². The predicted octanol–water partition coefficient (Wildman–Crippen LogP) is 2.23. The van der Waals surface area contributed by atoms with E-state index in [1.54, 1.807) is 12.4 Å². The van der Waals surface area contributed by atoms with Crippen LogP contribution in [0.25, 0.3) is 6.20 Å². The van der Waals surface area contributed by atoms with Gasteiger partial charge < -0.3 is 11.1 Å². The Bertz CT molecular complexity index is 631. The van der Waals surface area contributed by atoms with Crippen molar-refractivity contribution in [3.8, 4) is 0 Å². The lowest BCUT2D eigenvalue weighted by atomic mass is 9.87. The lowest BCUT2D eigenvalue weighted by Crippen LogP contribution is -2.46. The third-order valence-corrected chi connectivity index (χ3v) is 3.73. The molecule has 2 aromatic rings. The summed E-state index contributed by atoms with van der Waals surface area (Å²) in [4.78, 5) is 0. The fraction of sp³-hybridized carbons (Fsp3) is 0.154. The monoisotopic (exact) mass is 304 g/mol. The fourth-order valence-corrected chi connectivity index (χ4v) is 2.75. The first-order valence-corrected chi connectivity index (χ1v) is 6.44. The van der Waals surface area contributed by atoms with E-state index in [1.165, 1.54) is 0 Å². The van der Waals surface area contributed by atoms with Gasteiger partial charge in [-0.3, -0.25) is 0 Å². The third kappa shape index (κ3) is 1.62. The zero-order valence-electron chi connectivity index (χ0n) is 9.89. The van der Waals surface area contributed by atoms with Crippen LogP contribution in [-0.2, 0) is 5.54 Å². The van der Waals surface area contributed by atoms with E-state index in [1.807, 2.05) is 22.9 Å². The van der Waals surface area contributed by atoms with Gasteiger partial charge in [0.15, 0.2) is 0 Å². The normalized spacial score (nSPS) is 22.0. The van der Waals surface area contributed by atoms with Gasteiger partial charge >= 0.3 is 0 Å². The highest BCUT2D eigenvalue weighted by atomic mass is 79.9. The van der Waals surface area contributed by atoms with E-state index in [9.17, 15) is 0 Å². The van der Waals surface area contributed by atoms with Crippen molar-refractivity contribution in [1.29, 1.82) is 0 Å². The maximum Gasteiger partial charge on any atom is 0.116 e. The van der Waals surface area contributed by atoms with Gasteiger partial charge in [0.05, 0.1) is 11.9 Å². The van der Waals surface area contributed by atoms with Crippen LogP contribution in [0, 0.1) is 0 Å². The number of nitrogens with zero attached hydrogens (tertiary/aromatic N) is 2. The van der Waals surface area contributed by atoms with E-state index in [4.69, 9.17) is 5.73 Å². The highest BCUT2D eigenvalue weighted by molar-refractivity contribution is 9.10. The zero-order chi connectivity index (χ0) is 12.8. The van der Waals surface area contributed by atoms with Gasteiger partial charge in [-0.2, -0.15) is 5.10 Å². The zero-order valence-corrected chi connectivity index (χ0v) is 11.5. The average Bonchev–Trinajstić information content (AvgIpc) is 2.77. The predicted molar refractivity (Wildman–Crippen MR) is 74.4 cm³/mol. The third-order valence-electron chi connectivity index (χ3n) is 3.24. The maximum absolute atomic E-state index is 5.94. The molecule has 0 saturated heterocycles. The molecule has 92 valence electrons. The molecule has 0 aliphatic carbocycles. The molecule has 3 rings (SSSR count). The number of rotatable bonds is 1. The Morgan fingerprint density at radius 3 is 3.00 bits per heavy atom. The van der Waals surface area contributed by atoms with E-state index >= 15 is 0 Å². The Kier molecular flexibility index (Phi) is 2.45. The first-order chi connectivity index (χ1) is 8.59. The molecule has 1 aliphatic heterocycles. The summed E-state index contributed by atoms with van der Waals surface area (Å²) in [6, 6.07) is 10.2. The summed E-state index contributed by atoms with van der Waals surface area (Å²) in [6.45, 7) is 2.10. The standard InChI is InChI=1S/C13H13BrN4/c1-13(9-3-2-4-10(14)7-9)11-5-6-16-18(11)8-12(15)17-13/h2-8,17H,15H2,1H3/t13-/m1/s1. The van der Waals surface area contributed by atoms with Crippen molar-refractivity contribution in [2.24, 2.45) is 5.73 Å². The Morgan fingerprint density at radius 2 is 2.22 bits per heavy atom. The number of fused-ring (bicyclic) bond motifs is 1. The minimum absolute atomic E-state index is 0.376. The van der Waals surface area contributed by atoms with Gasteiger partial charge in [0.25, 0.3) is 0 Å². The highest BCUT2D eigenvalue weighted by Gasteiger charge is 2.34. The molecule has 1 aromatic carbocycles. The second-order valence-corrected chi connectivity index (χ2v) is 5.42. The van der Waals surface area contributed by atoms with Crippen molar-refractivity contribution in [1.82, 2.24) is 15.1 Å². The summed E-state index contributed by atoms with van der Waals surface area (Å²) in [5.41, 5.74) is 7.76. The molecule has 0 bridgehead atoms. The Hall–Kier alpha value is -1.75. The SMILES string of the molecule is C[C@]1(c2cccc(Br)c2)NC(N)=Cn2nccc21. The van der Waals surface area contributed by atoms with Gasteiger partial charge in [0.1, 0.15) is 11.4 Å². The molecule has 0 fully saturated rings.